The molecule has 21 heavy (non-hydrogen) atoms. The lowest BCUT2D eigenvalue weighted by molar-refractivity contribution is -0.121. The van der Waals surface area contributed by atoms with Gasteiger partial charge >= 0.3 is 0 Å². The van der Waals surface area contributed by atoms with Gasteiger partial charge in [-0.05, 0) is 37.3 Å². The van der Waals surface area contributed by atoms with Crippen LogP contribution >= 0.6 is 0 Å². The van der Waals surface area contributed by atoms with Crippen LogP contribution in [0.15, 0.2) is 30.3 Å². The van der Waals surface area contributed by atoms with E-state index in [-0.39, 0.29) is 24.5 Å². The predicted octanol–water partition coefficient (Wildman–Crippen LogP) is 1.04. The smallest absolute Gasteiger partial charge is 0.254 e. The van der Waals surface area contributed by atoms with Gasteiger partial charge < -0.3 is 15.3 Å². The zero-order chi connectivity index (χ0) is 15.2. The van der Waals surface area contributed by atoms with Crippen LogP contribution in [0.3, 0.4) is 0 Å². The Morgan fingerprint density at radius 1 is 1.29 bits per heavy atom. The van der Waals surface area contributed by atoms with Crippen molar-refractivity contribution >= 4 is 11.8 Å². The number of hydrogen-bond donors (Lipinski definition) is 2. The number of aliphatic hydroxyl groups excluding tert-OH is 1. The summed E-state index contributed by atoms with van der Waals surface area (Å²) in [7, 11) is 1.62. The van der Waals surface area contributed by atoms with Gasteiger partial charge in [0, 0.05) is 19.2 Å². The lowest BCUT2D eigenvalue weighted by Gasteiger charge is -2.18. The number of nitrogens with zero attached hydrogens (tertiary/aromatic N) is 1. The molecule has 1 aromatic rings. The molecule has 2 rings (SSSR count). The molecule has 0 saturated heterocycles. The van der Waals surface area contributed by atoms with Crippen molar-refractivity contribution in [2.45, 2.75) is 25.4 Å². The maximum absolute atomic E-state index is 12.1. The predicted molar refractivity (Wildman–Crippen MR) is 79.8 cm³/mol. The fourth-order valence-corrected chi connectivity index (χ4v) is 2.64. The molecule has 1 aliphatic carbocycles. The highest BCUT2D eigenvalue weighted by Gasteiger charge is 2.23. The molecule has 0 aromatic heterocycles. The molecule has 0 radical (unpaired) electrons. The summed E-state index contributed by atoms with van der Waals surface area (Å²) in [6.45, 7) is 0.617. The van der Waals surface area contributed by atoms with Gasteiger partial charge in [0.25, 0.3) is 5.91 Å². The van der Waals surface area contributed by atoms with Crippen molar-refractivity contribution in [1.82, 2.24) is 10.2 Å². The molecule has 0 bridgehead atoms. The van der Waals surface area contributed by atoms with Crippen molar-refractivity contribution in [2.24, 2.45) is 5.92 Å². The van der Waals surface area contributed by atoms with Crippen LogP contribution in [0, 0.1) is 5.92 Å². The van der Waals surface area contributed by atoms with E-state index in [0.717, 1.165) is 19.3 Å². The van der Waals surface area contributed by atoms with Gasteiger partial charge in [0.2, 0.25) is 5.91 Å². The van der Waals surface area contributed by atoms with E-state index in [9.17, 15) is 14.7 Å². The summed E-state index contributed by atoms with van der Waals surface area (Å²) in [4.78, 5) is 25.4. The first-order valence-corrected chi connectivity index (χ1v) is 7.31. The maximum atomic E-state index is 12.1. The van der Waals surface area contributed by atoms with E-state index in [4.69, 9.17) is 0 Å². The second-order valence-electron chi connectivity index (χ2n) is 5.66. The van der Waals surface area contributed by atoms with Gasteiger partial charge in [-0.3, -0.25) is 9.59 Å². The normalized spacial score (nSPS) is 21.0. The lowest BCUT2D eigenvalue weighted by Crippen LogP contribution is -2.39. The van der Waals surface area contributed by atoms with E-state index in [2.05, 4.69) is 5.32 Å². The summed E-state index contributed by atoms with van der Waals surface area (Å²) in [5.41, 5.74) is 0.576. The molecule has 0 heterocycles. The molecular formula is C16H22N2O3. The van der Waals surface area contributed by atoms with Gasteiger partial charge in [0.05, 0.1) is 12.6 Å². The summed E-state index contributed by atoms with van der Waals surface area (Å²) in [6.07, 6.45) is 2.28. The molecule has 2 N–H and O–H groups in total. The van der Waals surface area contributed by atoms with Gasteiger partial charge in [-0.2, -0.15) is 0 Å². The molecule has 2 unspecified atom stereocenters. The number of amides is 2. The molecule has 5 nitrogen and oxygen atoms in total. The lowest BCUT2D eigenvalue weighted by atomic mass is 10.1. The summed E-state index contributed by atoms with van der Waals surface area (Å²) in [5.74, 6) is 0.0179. The van der Waals surface area contributed by atoms with Crippen molar-refractivity contribution < 1.29 is 14.7 Å². The van der Waals surface area contributed by atoms with Gasteiger partial charge in [0.1, 0.15) is 0 Å². The van der Waals surface area contributed by atoms with Crippen LogP contribution in [0.25, 0.3) is 0 Å². The Morgan fingerprint density at radius 3 is 2.62 bits per heavy atom. The van der Waals surface area contributed by atoms with Crippen LogP contribution in [0.1, 0.15) is 29.6 Å². The molecule has 0 spiro atoms. The quantitative estimate of drug-likeness (QED) is 0.851. The first-order chi connectivity index (χ1) is 10.1. The summed E-state index contributed by atoms with van der Waals surface area (Å²) in [6, 6.07) is 8.91. The Labute approximate surface area is 125 Å². The SMILES string of the molecule is CN(CC(=O)NCC1CCC(O)C1)C(=O)c1ccccc1. The Kier molecular flexibility index (Phi) is 5.33. The van der Waals surface area contributed by atoms with Crippen LogP contribution in [0.5, 0.6) is 0 Å². The Balaban J connectivity index is 1.75. The zero-order valence-corrected chi connectivity index (χ0v) is 12.3. The molecule has 114 valence electrons. The number of hydrogen-bond acceptors (Lipinski definition) is 3. The number of aliphatic hydroxyl groups is 1. The Hall–Kier alpha value is -1.88. The molecule has 1 aliphatic rings. The largest absolute Gasteiger partial charge is 0.393 e. The van der Waals surface area contributed by atoms with Crippen LogP contribution in [0.4, 0.5) is 0 Å². The molecule has 1 aromatic carbocycles. The highest BCUT2D eigenvalue weighted by atomic mass is 16.3. The molecule has 0 aliphatic heterocycles. The number of rotatable bonds is 5. The number of benzene rings is 1. The van der Waals surface area contributed by atoms with Crippen molar-refractivity contribution in [3.63, 3.8) is 0 Å². The molecule has 1 saturated carbocycles. The van der Waals surface area contributed by atoms with E-state index in [1.54, 1.807) is 31.3 Å². The van der Waals surface area contributed by atoms with Crippen molar-refractivity contribution in [2.75, 3.05) is 20.1 Å². The van der Waals surface area contributed by atoms with E-state index in [1.165, 1.54) is 4.90 Å². The fraction of sp³-hybridized carbons (Fsp3) is 0.500. The van der Waals surface area contributed by atoms with Crippen LogP contribution in [-0.2, 0) is 4.79 Å². The molecule has 1 fully saturated rings. The van der Waals surface area contributed by atoms with Gasteiger partial charge in [-0.1, -0.05) is 18.2 Å². The van der Waals surface area contributed by atoms with Gasteiger partial charge in [-0.25, -0.2) is 0 Å². The second-order valence-corrected chi connectivity index (χ2v) is 5.66. The minimum absolute atomic E-state index is 0.0446. The average Bonchev–Trinajstić information content (AvgIpc) is 2.91. The Bertz CT molecular complexity index is 490. The average molecular weight is 290 g/mol. The molecule has 2 amide bonds. The van der Waals surface area contributed by atoms with E-state index in [1.807, 2.05) is 6.07 Å². The minimum Gasteiger partial charge on any atom is -0.393 e. The summed E-state index contributed by atoms with van der Waals surface area (Å²) in [5, 5.41) is 12.3. The minimum atomic E-state index is -0.228. The van der Waals surface area contributed by atoms with E-state index >= 15 is 0 Å². The van der Waals surface area contributed by atoms with Gasteiger partial charge in [-0.15, -0.1) is 0 Å². The monoisotopic (exact) mass is 290 g/mol. The number of carbonyl (C=O) groups is 2. The number of likely N-dealkylation sites (N-methyl/N-ethyl adjacent to an activating group) is 1. The molecule has 2 atom stereocenters. The number of carbonyl (C=O) groups excluding carboxylic acids is 2. The summed E-state index contributed by atoms with van der Waals surface area (Å²) < 4.78 is 0. The van der Waals surface area contributed by atoms with Crippen molar-refractivity contribution in [1.29, 1.82) is 0 Å². The molecular weight excluding hydrogens is 268 g/mol. The van der Waals surface area contributed by atoms with Gasteiger partial charge in [0.15, 0.2) is 0 Å². The number of nitrogens with one attached hydrogen (secondary N) is 1. The standard InChI is InChI=1S/C16H22N2O3/c1-18(16(21)13-5-3-2-4-6-13)11-15(20)17-10-12-7-8-14(19)9-12/h2-6,12,14,19H,7-11H2,1H3,(H,17,20). The van der Waals surface area contributed by atoms with Crippen LogP contribution in [-0.4, -0.2) is 48.1 Å². The third kappa shape index (κ3) is 4.56. The van der Waals surface area contributed by atoms with E-state index in [0.29, 0.717) is 18.0 Å². The molecule has 5 heteroatoms. The fourth-order valence-electron chi connectivity index (χ4n) is 2.64. The summed E-state index contributed by atoms with van der Waals surface area (Å²) >= 11 is 0. The van der Waals surface area contributed by atoms with Crippen molar-refractivity contribution in [3.05, 3.63) is 35.9 Å². The second kappa shape index (κ2) is 7.22. The first-order valence-electron chi connectivity index (χ1n) is 7.31. The highest BCUT2D eigenvalue weighted by Crippen LogP contribution is 2.24. The highest BCUT2D eigenvalue weighted by molar-refractivity contribution is 5.96. The van der Waals surface area contributed by atoms with Crippen LogP contribution in [0.2, 0.25) is 0 Å². The third-order valence-electron chi connectivity index (χ3n) is 3.85. The zero-order valence-electron chi connectivity index (χ0n) is 12.3. The Morgan fingerprint density at radius 2 is 2.00 bits per heavy atom. The first kappa shape index (κ1) is 15.5. The van der Waals surface area contributed by atoms with Crippen LogP contribution < -0.4 is 5.32 Å². The maximum Gasteiger partial charge on any atom is 0.254 e. The van der Waals surface area contributed by atoms with E-state index < -0.39 is 0 Å². The third-order valence-corrected chi connectivity index (χ3v) is 3.85. The topological polar surface area (TPSA) is 69.6 Å². The van der Waals surface area contributed by atoms with Crippen molar-refractivity contribution in [3.8, 4) is 0 Å².